The molecule has 0 fully saturated rings. The molecule has 0 amide bonds. The molecule has 0 aliphatic carbocycles. The van der Waals surface area contributed by atoms with Gasteiger partial charge in [-0.15, -0.1) is 11.3 Å². The van der Waals surface area contributed by atoms with Gasteiger partial charge in [0, 0.05) is 27.2 Å². The summed E-state index contributed by atoms with van der Waals surface area (Å²) in [5, 5.41) is 0.474. The number of alkyl halides is 3. The minimum Gasteiger partial charge on any atom is -0.482 e. The highest BCUT2D eigenvalue weighted by atomic mass is 35.5. The maximum absolute atomic E-state index is 13.2. The third-order valence-corrected chi connectivity index (χ3v) is 5.88. The van der Waals surface area contributed by atoms with E-state index in [1.165, 1.54) is 13.1 Å². The molecule has 4 rings (SSSR count). The minimum atomic E-state index is -4.59. The van der Waals surface area contributed by atoms with Crippen molar-refractivity contribution in [2.24, 2.45) is 0 Å². The van der Waals surface area contributed by atoms with Crippen LogP contribution in [0.3, 0.4) is 0 Å². The number of thiophene rings is 1. The number of benzene rings is 1. The van der Waals surface area contributed by atoms with Crippen LogP contribution in [0.2, 0.25) is 5.02 Å². The number of nitrogens with one attached hydrogen (secondary N) is 1. The number of rotatable bonds is 4. The topological polar surface area (TPSA) is 77.0 Å². The molecule has 0 aliphatic heterocycles. The summed E-state index contributed by atoms with van der Waals surface area (Å²) < 4.78 is 43.9. The summed E-state index contributed by atoms with van der Waals surface area (Å²) in [7, 11) is 0. The van der Waals surface area contributed by atoms with Crippen molar-refractivity contribution in [3.05, 3.63) is 74.1 Å². The first-order valence-electron chi connectivity index (χ1n) is 8.84. The molecule has 1 N–H and O–H groups in total. The standard InChI is InChI=1S/C20H13ClF3N3O3S/c1-10-7-25-8-14(16(10)30-9-20(22,23)24)27-18(28)17-13(26-19(27)29)6-15(31-17)11-4-2-3-5-12(11)21/h2-8H,9H2,1H3,(H,26,29). The Kier molecular flexibility index (Phi) is 5.36. The summed E-state index contributed by atoms with van der Waals surface area (Å²) in [6.07, 6.45) is -2.19. The van der Waals surface area contributed by atoms with E-state index in [9.17, 15) is 22.8 Å². The van der Waals surface area contributed by atoms with Crippen LogP contribution in [-0.4, -0.2) is 27.3 Å². The number of aryl methyl sites for hydroxylation is 1. The SMILES string of the molecule is Cc1cncc(-n2c(=O)[nH]c3cc(-c4ccccc4Cl)sc3c2=O)c1OCC(F)(F)F. The van der Waals surface area contributed by atoms with Gasteiger partial charge < -0.3 is 9.72 Å². The fourth-order valence-electron chi connectivity index (χ4n) is 3.06. The predicted molar refractivity (Wildman–Crippen MR) is 113 cm³/mol. The van der Waals surface area contributed by atoms with Crippen LogP contribution >= 0.6 is 22.9 Å². The summed E-state index contributed by atoms with van der Waals surface area (Å²) in [4.78, 5) is 33.0. The van der Waals surface area contributed by atoms with Crippen molar-refractivity contribution in [3.8, 4) is 21.9 Å². The van der Waals surface area contributed by atoms with E-state index < -0.39 is 24.0 Å². The van der Waals surface area contributed by atoms with Crippen LogP contribution in [0, 0.1) is 6.92 Å². The fraction of sp³-hybridized carbons (Fsp3) is 0.150. The largest absolute Gasteiger partial charge is 0.482 e. The monoisotopic (exact) mass is 467 g/mol. The molecule has 0 radical (unpaired) electrons. The zero-order valence-electron chi connectivity index (χ0n) is 15.8. The van der Waals surface area contributed by atoms with Gasteiger partial charge in [-0.1, -0.05) is 29.8 Å². The first-order chi connectivity index (χ1) is 14.7. The van der Waals surface area contributed by atoms with E-state index in [0.717, 1.165) is 22.1 Å². The number of aromatic amines is 1. The quantitative estimate of drug-likeness (QED) is 0.472. The van der Waals surface area contributed by atoms with Gasteiger partial charge in [0.2, 0.25) is 0 Å². The number of nitrogens with zero attached hydrogens (tertiary/aromatic N) is 2. The Balaban J connectivity index is 1.90. The van der Waals surface area contributed by atoms with Crippen molar-refractivity contribution in [1.29, 1.82) is 0 Å². The number of fused-ring (bicyclic) bond motifs is 1. The number of halogens is 4. The van der Waals surface area contributed by atoms with Crippen LogP contribution in [0.5, 0.6) is 5.75 Å². The summed E-state index contributed by atoms with van der Waals surface area (Å²) >= 11 is 7.34. The number of hydrogen-bond acceptors (Lipinski definition) is 5. The van der Waals surface area contributed by atoms with Crippen LogP contribution in [-0.2, 0) is 0 Å². The van der Waals surface area contributed by atoms with Gasteiger partial charge in [0.05, 0.1) is 11.7 Å². The molecule has 3 heterocycles. The third-order valence-electron chi connectivity index (χ3n) is 4.39. The van der Waals surface area contributed by atoms with Crippen LogP contribution in [0.1, 0.15) is 5.56 Å². The molecule has 6 nitrogen and oxygen atoms in total. The molecule has 3 aromatic heterocycles. The van der Waals surface area contributed by atoms with Crippen molar-refractivity contribution in [3.63, 3.8) is 0 Å². The summed E-state index contributed by atoms with van der Waals surface area (Å²) in [5.41, 5.74) is -0.481. The first-order valence-corrected chi connectivity index (χ1v) is 10.0. The van der Waals surface area contributed by atoms with Crippen molar-refractivity contribution < 1.29 is 17.9 Å². The smallest absolute Gasteiger partial charge is 0.422 e. The summed E-state index contributed by atoms with van der Waals surface area (Å²) in [6, 6.07) is 8.66. The zero-order valence-corrected chi connectivity index (χ0v) is 17.4. The molecular formula is C20H13ClF3N3O3S. The molecule has 160 valence electrons. The first kappa shape index (κ1) is 21.1. The van der Waals surface area contributed by atoms with E-state index in [4.69, 9.17) is 16.3 Å². The second kappa shape index (κ2) is 7.86. The van der Waals surface area contributed by atoms with E-state index >= 15 is 0 Å². The van der Waals surface area contributed by atoms with Crippen molar-refractivity contribution in [1.82, 2.24) is 14.5 Å². The Hall–Kier alpha value is -3.11. The third kappa shape index (κ3) is 4.08. The second-order valence-corrected chi connectivity index (χ2v) is 8.07. The Morgan fingerprint density at radius 3 is 2.68 bits per heavy atom. The summed E-state index contributed by atoms with van der Waals surface area (Å²) in [5.74, 6) is -0.248. The molecule has 0 saturated heterocycles. The van der Waals surface area contributed by atoms with Gasteiger partial charge >= 0.3 is 11.9 Å². The highest BCUT2D eigenvalue weighted by Gasteiger charge is 2.30. The Labute approximate surface area is 181 Å². The Morgan fingerprint density at radius 2 is 1.97 bits per heavy atom. The van der Waals surface area contributed by atoms with Gasteiger partial charge in [0.15, 0.2) is 6.61 Å². The second-order valence-electron chi connectivity index (χ2n) is 6.61. The minimum absolute atomic E-state index is 0.176. The van der Waals surface area contributed by atoms with Crippen molar-refractivity contribution in [2.45, 2.75) is 13.1 Å². The van der Waals surface area contributed by atoms with Gasteiger partial charge in [-0.05, 0) is 19.1 Å². The lowest BCUT2D eigenvalue weighted by molar-refractivity contribution is -0.153. The molecule has 0 spiro atoms. The average Bonchev–Trinajstić information content (AvgIpc) is 3.11. The Morgan fingerprint density at radius 1 is 1.23 bits per heavy atom. The van der Waals surface area contributed by atoms with Gasteiger partial charge in [-0.2, -0.15) is 13.2 Å². The molecule has 0 unspecified atom stereocenters. The molecule has 0 bridgehead atoms. The van der Waals surface area contributed by atoms with Gasteiger partial charge in [-0.25, -0.2) is 9.36 Å². The summed E-state index contributed by atoms with van der Waals surface area (Å²) in [6.45, 7) is -0.101. The number of hydrogen-bond donors (Lipinski definition) is 1. The molecular weight excluding hydrogens is 455 g/mol. The highest BCUT2D eigenvalue weighted by Crippen LogP contribution is 2.35. The van der Waals surface area contributed by atoms with Crippen molar-refractivity contribution >= 4 is 33.2 Å². The molecule has 11 heteroatoms. The van der Waals surface area contributed by atoms with Crippen LogP contribution in [0.15, 0.2) is 52.3 Å². The molecule has 31 heavy (non-hydrogen) atoms. The lowest BCUT2D eigenvalue weighted by atomic mass is 10.2. The van der Waals surface area contributed by atoms with E-state index in [1.54, 1.807) is 30.3 Å². The lowest BCUT2D eigenvalue weighted by Gasteiger charge is -2.15. The van der Waals surface area contributed by atoms with E-state index in [1.807, 2.05) is 0 Å². The van der Waals surface area contributed by atoms with Gasteiger partial charge in [0.25, 0.3) is 5.56 Å². The molecule has 4 aromatic rings. The number of pyridine rings is 1. The Bertz CT molecular complexity index is 1410. The van der Waals surface area contributed by atoms with Crippen molar-refractivity contribution in [2.75, 3.05) is 6.61 Å². The molecule has 0 atom stereocenters. The van der Waals surface area contributed by atoms with E-state index in [0.29, 0.717) is 21.0 Å². The van der Waals surface area contributed by atoms with E-state index in [2.05, 4.69) is 9.97 Å². The highest BCUT2D eigenvalue weighted by molar-refractivity contribution is 7.22. The van der Waals surface area contributed by atoms with Crippen LogP contribution < -0.4 is 16.0 Å². The maximum atomic E-state index is 13.2. The van der Waals surface area contributed by atoms with Crippen LogP contribution in [0.25, 0.3) is 26.3 Å². The number of H-pyrrole nitrogens is 1. The normalized spacial score (nSPS) is 11.8. The average molecular weight is 468 g/mol. The molecule has 0 aliphatic rings. The van der Waals surface area contributed by atoms with Crippen LogP contribution in [0.4, 0.5) is 13.2 Å². The van der Waals surface area contributed by atoms with E-state index in [-0.39, 0.29) is 21.7 Å². The number of aromatic nitrogens is 3. The molecule has 0 saturated carbocycles. The van der Waals surface area contributed by atoms with Gasteiger partial charge in [-0.3, -0.25) is 9.78 Å². The van der Waals surface area contributed by atoms with Gasteiger partial charge in [0.1, 0.15) is 16.1 Å². The predicted octanol–water partition coefficient (Wildman–Crippen LogP) is 4.71. The zero-order chi connectivity index (χ0) is 22.3. The lowest BCUT2D eigenvalue weighted by Crippen LogP contribution is -2.33. The maximum Gasteiger partial charge on any atom is 0.422 e. The number of ether oxygens (including phenoxy) is 1. The fourth-order valence-corrected chi connectivity index (χ4v) is 4.44. The molecule has 1 aromatic carbocycles.